The predicted octanol–water partition coefficient (Wildman–Crippen LogP) is 2.54. The van der Waals surface area contributed by atoms with E-state index in [0.29, 0.717) is 6.26 Å². The molecule has 0 atom stereocenters. The zero-order chi connectivity index (χ0) is 9.73. The van der Waals surface area contributed by atoms with Crippen LogP contribution in [-0.4, -0.2) is 11.2 Å². The molecule has 0 aliphatic carbocycles. The molecule has 0 N–H and O–H groups in total. The van der Waals surface area contributed by atoms with Crippen molar-refractivity contribution in [2.45, 2.75) is 6.18 Å². The van der Waals surface area contributed by atoms with Crippen LogP contribution in [0.4, 0.5) is 13.2 Å². The number of aromatic nitrogens is 1. The number of hydrogen-bond donors (Lipinski definition) is 0. The van der Waals surface area contributed by atoms with Crippen molar-refractivity contribution < 1.29 is 17.9 Å². The number of pyridine rings is 1. The Morgan fingerprint density at radius 3 is 2.69 bits per heavy atom. The Bertz CT molecular complexity index is 281. The largest absolute Gasteiger partial charge is 0.463 e. The van der Waals surface area contributed by atoms with Gasteiger partial charge in [-0.1, -0.05) is 0 Å². The first-order valence-electron chi connectivity index (χ1n) is 3.39. The Morgan fingerprint density at radius 1 is 1.38 bits per heavy atom. The van der Waals surface area contributed by atoms with Crippen LogP contribution in [0.1, 0.15) is 0 Å². The van der Waals surface area contributed by atoms with Crippen LogP contribution in [-0.2, 0) is 0 Å². The molecule has 0 unspecified atom stereocenters. The minimum absolute atomic E-state index is 0.0139. The summed E-state index contributed by atoms with van der Waals surface area (Å²) >= 11 is 0. The zero-order valence-electron chi connectivity index (χ0n) is 6.45. The minimum atomic E-state index is -4.35. The molecule has 1 aromatic heterocycles. The fraction of sp³-hybridized carbons (Fsp3) is 0.125. The maximum absolute atomic E-state index is 11.6. The average molecular weight is 189 g/mol. The van der Waals surface area contributed by atoms with Gasteiger partial charge in [0.15, 0.2) is 0 Å². The van der Waals surface area contributed by atoms with Crippen LogP contribution in [0.15, 0.2) is 36.9 Å². The molecule has 13 heavy (non-hydrogen) atoms. The molecule has 0 bridgehead atoms. The Hall–Kier alpha value is -1.52. The smallest absolute Gasteiger partial charge is 0.412 e. The summed E-state index contributed by atoms with van der Waals surface area (Å²) in [4.78, 5) is 3.66. The standard InChI is InChI=1S/C8H6F3NO/c9-8(10,11)3-5-13-7-2-1-4-12-6-7/h1-6H/b5-3-. The van der Waals surface area contributed by atoms with Crippen molar-refractivity contribution in [3.8, 4) is 5.75 Å². The Kier molecular flexibility index (Phi) is 2.89. The van der Waals surface area contributed by atoms with E-state index in [2.05, 4.69) is 9.72 Å². The number of nitrogens with zero attached hydrogens (tertiary/aromatic N) is 1. The molecule has 0 amide bonds. The van der Waals surface area contributed by atoms with Crippen molar-refractivity contribution in [2.24, 2.45) is 0 Å². The van der Waals surface area contributed by atoms with Crippen molar-refractivity contribution >= 4 is 0 Å². The Balaban J connectivity index is 2.49. The molecule has 0 aromatic carbocycles. The molecule has 1 aromatic rings. The summed E-state index contributed by atoms with van der Waals surface area (Å²) in [5.41, 5.74) is 0. The Morgan fingerprint density at radius 2 is 2.15 bits per heavy atom. The first kappa shape index (κ1) is 9.57. The summed E-state index contributed by atoms with van der Waals surface area (Å²) in [6.45, 7) is 0. The first-order valence-corrected chi connectivity index (χ1v) is 3.39. The van der Waals surface area contributed by atoms with E-state index in [1.165, 1.54) is 18.5 Å². The van der Waals surface area contributed by atoms with Crippen LogP contribution in [0.2, 0.25) is 0 Å². The van der Waals surface area contributed by atoms with Crippen LogP contribution in [0, 0.1) is 0 Å². The summed E-state index contributed by atoms with van der Waals surface area (Å²) < 4.78 is 39.3. The molecule has 1 rings (SSSR count). The normalized spacial score (nSPS) is 11.9. The van der Waals surface area contributed by atoms with Crippen molar-refractivity contribution in [1.29, 1.82) is 0 Å². The van der Waals surface area contributed by atoms with E-state index in [0.717, 1.165) is 0 Å². The van der Waals surface area contributed by atoms with Crippen LogP contribution in [0.5, 0.6) is 5.75 Å². The van der Waals surface area contributed by atoms with Crippen LogP contribution in [0.25, 0.3) is 0 Å². The SMILES string of the molecule is FC(F)(F)/C=C\Oc1cccnc1. The fourth-order valence-corrected chi connectivity index (χ4v) is 0.607. The summed E-state index contributed by atoms with van der Waals surface area (Å²) in [6.07, 6.45) is -0.930. The van der Waals surface area contributed by atoms with Crippen LogP contribution >= 0.6 is 0 Å². The van der Waals surface area contributed by atoms with E-state index < -0.39 is 6.18 Å². The molecule has 0 saturated carbocycles. The molecule has 5 heteroatoms. The lowest BCUT2D eigenvalue weighted by Crippen LogP contribution is -2.01. The molecule has 1 heterocycles. The number of hydrogen-bond acceptors (Lipinski definition) is 2. The van der Waals surface area contributed by atoms with Gasteiger partial charge in [-0.25, -0.2) is 0 Å². The van der Waals surface area contributed by atoms with Crippen molar-refractivity contribution in [1.82, 2.24) is 4.98 Å². The molecule has 0 spiro atoms. The second-order valence-electron chi connectivity index (χ2n) is 2.15. The lowest BCUT2D eigenvalue weighted by molar-refractivity contribution is -0.0809. The molecule has 0 saturated heterocycles. The molecular formula is C8H6F3NO. The van der Waals surface area contributed by atoms with Gasteiger partial charge in [-0.15, -0.1) is 0 Å². The summed E-state index contributed by atoms with van der Waals surface area (Å²) in [7, 11) is 0. The maximum Gasteiger partial charge on any atom is 0.412 e. The lowest BCUT2D eigenvalue weighted by atomic mass is 10.5. The van der Waals surface area contributed by atoms with Gasteiger partial charge in [0.05, 0.1) is 18.5 Å². The van der Waals surface area contributed by atoms with Gasteiger partial charge < -0.3 is 4.74 Å². The van der Waals surface area contributed by atoms with E-state index in [9.17, 15) is 13.2 Å². The van der Waals surface area contributed by atoms with Crippen molar-refractivity contribution in [2.75, 3.05) is 0 Å². The van der Waals surface area contributed by atoms with E-state index in [1.807, 2.05) is 0 Å². The highest BCUT2D eigenvalue weighted by molar-refractivity contribution is 5.16. The van der Waals surface area contributed by atoms with Gasteiger partial charge in [0.1, 0.15) is 5.75 Å². The lowest BCUT2D eigenvalue weighted by Gasteiger charge is -1.99. The fourth-order valence-electron chi connectivity index (χ4n) is 0.607. The topological polar surface area (TPSA) is 22.1 Å². The number of ether oxygens (including phenoxy) is 1. The summed E-state index contributed by atoms with van der Waals surface area (Å²) in [5, 5.41) is 0. The number of alkyl halides is 3. The monoisotopic (exact) mass is 189 g/mol. The van der Waals surface area contributed by atoms with Crippen molar-refractivity contribution in [3.05, 3.63) is 36.9 Å². The highest BCUT2D eigenvalue weighted by atomic mass is 19.4. The second kappa shape index (κ2) is 3.93. The van der Waals surface area contributed by atoms with E-state index >= 15 is 0 Å². The quantitative estimate of drug-likeness (QED) is 0.667. The van der Waals surface area contributed by atoms with Gasteiger partial charge in [-0.2, -0.15) is 13.2 Å². The van der Waals surface area contributed by atoms with Crippen LogP contribution in [0.3, 0.4) is 0 Å². The van der Waals surface area contributed by atoms with Crippen molar-refractivity contribution in [3.63, 3.8) is 0 Å². The number of allylic oxidation sites excluding steroid dienone is 1. The van der Waals surface area contributed by atoms with E-state index in [-0.39, 0.29) is 11.8 Å². The molecule has 2 nitrogen and oxygen atoms in total. The molecule has 0 aliphatic rings. The third-order valence-corrected chi connectivity index (χ3v) is 1.10. The van der Waals surface area contributed by atoms with Gasteiger partial charge in [0, 0.05) is 6.20 Å². The van der Waals surface area contributed by atoms with E-state index in [1.54, 1.807) is 6.07 Å². The Labute approximate surface area is 72.7 Å². The molecule has 0 aliphatic heterocycles. The first-order chi connectivity index (χ1) is 6.08. The highest BCUT2D eigenvalue weighted by Gasteiger charge is 2.22. The predicted molar refractivity (Wildman–Crippen MR) is 40.1 cm³/mol. The highest BCUT2D eigenvalue weighted by Crippen LogP contribution is 2.16. The molecular weight excluding hydrogens is 183 g/mol. The minimum Gasteiger partial charge on any atom is -0.463 e. The molecule has 0 fully saturated rings. The zero-order valence-corrected chi connectivity index (χ0v) is 6.45. The second-order valence-corrected chi connectivity index (χ2v) is 2.15. The number of rotatable bonds is 2. The van der Waals surface area contributed by atoms with Gasteiger partial charge in [-0.05, 0) is 12.1 Å². The third-order valence-electron chi connectivity index (χ3n) is 1.10. The van der Waals surface area contributed by atoms with Gasteiger partial charge in [0.2, 0.25) is 0 Å². The number of halogens is 3. The summed E-state index contributed by atoms with van der Waals surface area (Å²) in [5.74, 6) is 0.267. The van der Waals surface area contributed by atoms with Crippen LogP contribution < -0.4 is 4.74 Å². The van der Waals surface area contributed by atoms with Gasteiger partial charge in [-0.3, -0.25) is 4.98 Å². The maximum atomic E-state index is 11.6. The van der Waals surface area contributed by atoms with E-state index in [4.69, 9.17) is 0 Å². The summed E-state index contributed by atoms with van der Waals surface area (Å²) in [6, 6.07) is 3.07. The third kappa shape index (κ3) is 4.15. The molecule has 0 radical (unpaired) electrons. The van der Waals surface area contributed by atoms with Gasteiger partial charge >= 0.3 is 6.18 Å². The average Bonchev–Trinajstić information content (AvgIpc) is 2.04. The van der Waals surface area contributed by atoms with Gasteiger partial charge in [0.25, 0.3) is 0 Å². The molecule has 70 valence electrons.